The topological polar surface area (TPSA) is 44.2 Å². The molecule has 2 aromatic rings. The van der Waals surface area contributed by atoms with Crippen LogP contribution in [0.5, 0.6) is 5.88 Å². The molecule has 0 atom stereocenters. The van der Waals surface area contributed by atoms with Gasteiger partial charge in [-0.15, -0.1) is 0 Å². The molecule has 138 valence electrons. The summed E-state index contributed by atoms with van der Waals surface area (Å²) in [5, 5.41) is 0.777. The molecule has 1 saturated carbocycles. The maximum atomic E-state index is 6.23. The van der Waals surface area contributed by atoms with Crippen LogP contribution in [0.2, 0.25) is 0 Å². The summed E-state index contributed by atoms with van der Waals surface area (Å²) in [6, 6.07) is 8.58. The summed E-state index contributed by atoms with van der Waals surface area (Å²) in [5.74, 6) is 2.31. The van der Waals surface area contributed by atoms with Crippen molar-refractivity contribution < 1.29 is 9.47 Å². The lowest BCUT2D eigenvalue weighted by Crippen LogP contribution is -2.28. The summed E-state index contributed by atoms with van der Waals surface area (Å²) in [7, 11) is 1.72. The summed E-state index contributed by atoms with van der Waals surface area (Å²) in [4.78, 5) is 9.74. The van der Waals surface area contributed by atoms with Gasteiger partial charge in [-0.2, -0.15) is 4.98 Å². The van der Waals surface area contributed by atoms with Crippen molar-refractivity contribution >= 4 is 11.8 Å². The van der Waals surface area contributed by atoms with Crippen LogP contribution in [0.15, 0.2) is 29.4 Å². The predicted molar refractivity (Wildman–Crippen MR) is 105 cm³/mol. The highest BCUT2D eigenvalue weighted by molar-refractivity contribution is 7.99. The molecule has 1 heterocycles. The van der Waals surface area contributed by atoms with E-state index in [0.29, 0.717) is 12.5 Å². The van der Waals surface area contributed by atoms with Crippen molar-refractivity contribution in [1.82, 2.24) is 9.97 Å². The van der Waals surface area contributed by atoms with E-state index >= 15 is 0 Å². The predicted octanol–water partition coefficient (Wildman–Crippen LogP) is 4.50. The first-order valence-corrected chi connectivity index (χ1v) is 10.3. The van der Waals surface area contributed by atoms with E-state index in [9.17, 15) is 0 Å². The third-order valence-electron chi connectivity index (χ3n) is 5.11. The zero-order valence-corrected chi connectivity index (χ0v) is 16.6. The molecule has 0 radical (unpaired) electrons. The summed E-state index contributed by atoms with van der Waals surface area (Å²) in [6.45, 7) is 5.99. The first-order chi connectivity index (χ1) is 12.6. The number of rotatable bonds is 7. The van der Waals surface area contributed by atoms with Crippen molar-refractivity contribution in [2.24, 2.45) is 5.92 Å². The van der Waals surface area contributed by atoms with Gasteiger partial charge in [-0.3, -0.25) is 0 Å². The van der Waals surface area contributed by atoms with Crippen LogP contribution in [0.25, 0.3) is 11.3 Å². The Morgan fingerprint density at radius 2 is 2.00 bits per heavy atom. The van der Waals surface area contributed by atoms with E-state index < -0.39 is 0 Å². The maximum absolute atomic E-state index is 6.23. The molecule has 0 N–H and O–H groups in total. The quantitative estimate of drug-likeness (QED) is 0.408. The Hall–Kier alpha value is -1.59. The number of aromatic nitrogens is 2. The van der Waals surface area contributed by atoms with Crippen molar-refractivity contribution in [1.29, 1.82) is 0 Å². The number of methoxy groups -OCH3 is 1. The summed E-state index contributed by atoms with van der Waals surface area (Å²) in [6.07, 6.45) is 3.53. The zero-order valence-electron chi connectivity index (χ0n) is 15.7. The van der Waals surface area contributed by atoms with Crippen LogP contribution in [-0.2, 0) is 16.6 Å². The number of nitrogens with zero attached hydrogens (tertiary/aromatic N) is 2. The highest BCUT2D eigenvalue weighted by atomic mass is 32.2. The smallest absolute Gasteiger partial charge is 0.221 e. The van der Waals surface area contributed by atoms with Crippen LogP contribution in [0.1, 0.15) is 37.8 Å². The van der Waals surface area contributed by atoms with E-state index in [4.69, 9.17) is 19.4 Å². The average molecular weight is 371 g/mol. The Kier molecular flexibility index (Phi) is 4.93. The summed E-state index contributed by atoms with van der Waals surface area (Å²) < 4.78 is 11.4. The Morgan fingerprint density at radius 1 is 1.19 bits per heavy atom. The molecule has 0 saturated heterocycles. The normalized spacial score (nSPS) is 17.5. The Balaban J connectivity index is 1.78. The van der Waals surface area contributed by atoms with E-state index in [2.05, 4.69) is 38.1 Å². The van der Waals surface area contributed by atoms with Crippen molar-refractivity contribution in [2.75, 3.05) is 26.1 Å². The van der Waals surface area contributed by atoms with Crippen LogP contribution >= 0.6 is 11.8 Å². The minimum Gasteiger partial charge on any atom is -0.477 e. The minimum atomic E-state index is -0.0434. The second-order valence-corrected chi connectivity index (χ2v) is 8.91. The maximum Gasteiger partial charge on any atom is 0.221 e. The Bertz CT molecular complexity index is 803. The molecular formula is C21H26N2O2S. The fourth-order valence-corrected chi connectivity index (χ4v) is 4.30. The molecule has 4 nitrogen and oxygen atoms in total. The SMILES string of the molecule is COCCSc1nc(OCC2CC2)c2c(n1)-c1ccccc1CC2(C)C. The first-order valence-electron chi connectivity index (χ1n) is 9.34. The molecular weight excluding hydrogens is 344 g/mol. The monoisotopic (exact) mass is 370 g/mol. The van der Waals surface area contributed by atoms with Crippen molar-refractivity contribution in [3.05, 3.63) is 35.4 Å². The van der Waals surface area contributed by atoms with Gasteiger partial charge in [-0.05, 0) is 30.7 Å². The van der Waals surface area contributed by atoms with Crippen molar-refractivity contribution in [2.45, 2.75) is 43.7 Å². The van der Waals surface area contributed by atoms with Crippen molar-refractivity contribution in [3.63, 3.8) is 0 Å². The van der Waals surface area contributed by atoms with Crippen LogP contribution in [-0.4, -0.2) is 36.0 Å². The van der Waals surface area contributed by atoms with Gasteiger partial charge in [0.25, 0.3) is 0 Å². The van der Waals surface area contributed by atoms with Gasteiger partial charge in [0.1, 0.15) is 0 Å². The minimum absolute atomic E-state index is 0.0434. The molecule has 26 heavy (non-hydrogen) atoms. The van der Waals surface area contributed by atoms with Gasteiger partial charge in [0.15, 0.2) is 5.16 Å². The second kappa shape index (κ2) is 7.20. The van der Waals surface area contributed by atoms with Gasteiger partial charge in [0.2, 0.25) is 5.88 Å². The highest BCUT2D eigenvalue weighted by Crippen LogP contribution is 2.46. The number of hydrogen-bond donors (Lipinski definition) is 0. The first kappa shape index (κ1) is 17.8. The van der Waals surface area contributed by atoms with Gasteiger partial charge in [-0.25, -0.2) is 4.98 Å². The van der Waals surface area contributed by atoms with E-state index in [1.54, 1.807) is 18.9 Å². The molecule has 0 aliphatic heterocycles. The molecule has 5 heteroatoms. The fraction of sp³-hybridized carbons (Fsp3) is 0.524. The summed E-state index contributed by atoms with van der Waals surface area (Å²) >= 11 is 1.63. The van der Waals surface area contributed by atoms with Gasteiger partial charge < -0.3 is 9.47 Å². The molecule has 0 unspecified atom stereocenters. The number of benzene rings is 1. The number of thioether (sulfide) groups is 1. The van der Waals surface area contributed by atoms with Crippen LogP contribution in [0.4, 0.5) is 0 Å². The third-order valence-corrected chi connectivity index (χ3v) is 5.92. The highest BCUT2D eigenvalue weighted by Gasteiger charge is 2.37. The lowest BCUT2D eigenvalue weighted by Gasteiger charge is -2.34. The molecule has 1 fully saturated rings. The van der Waals surface area contributed by atoms with Gasteiger partial charge in [-0.1, -0.05) is 49.9 Å². The lowest BCUT2D eigenvalue weighted by molar-refractivity contribution is 0.218. The van der Waals surface area contributed by atoms with E-state index in [1.165, 1.54) is 24.0 Å². The van der Waals surface area contributed by atoms with E-state index in [1.807, 2.05) is 0 Å². The van der Waals surface area contributed by atoms with E-state index in [0.717, 1.165) is 41.1 Å². The van der Waals surface area contributed by atoms with Crippen molar-refractivity contribution in [3.8, 4) is 17.1 Å². The number of ether oxygens (including phenoxy) is 2. The van der Waals surface area contributed by atoms with Gasteiger partial charge in [0.05, 0.1) is 18.9 Å². The van der Waals surface area contributed by atoms with Crippen LogP contribution < -0.4 is 4.74 Å². The Morgan fingerprint density at radius 3 is 2.77 bits per heavy atom. The molecule has 2 aliphatic rings. The molecule has 4 rings (SSSR count). The summed E-state index contributed by atoms with van der Waals surface area (Å²) in [5.41, 5.74) is 4.72. The number of fused-ring (bicyclic) bond motifs is 3. The molecule has 2 aliphatic carbocycles. The average Bonchev–Trinajstić information content (AvgIpc) is 3.44. The lowest BCUT2D eigenvalue weighted by atomic mass is 9.72. The largest absolute Gasteiger partial charge is 0.477 e. The second-order valence-electron chi connectivity index (χ2n) is 7.85. The standard InChI is InChI=1S/C21H26N2O2S/c1-21(2)12-15-6-4-5-7-16(15)18-17(21)19(25-13-14-8-9-14)23-20(22-18)26-11-10-24-3/h4-7,14H,8-13H2,1-3H3. The molecule has 0 bridgehead atoms. The van der Waals surface area contributed by atoms with Gasteiger partial charge in [0, 0.05) is 29.4 Å². The van der Waals surface area contributed by atoms with Crippen LogP contribution in [0.3, 0.4) is 0 Å². The molecule has 1 aromatic carbocycles. The fourth-order valence-electron chi connectivity index (χ4n) is 3.56. The van der Waals surface area contributed by atoms with Gasteiger partial charge >= 0.3 is 0 Å². The third kappa shape index (κ3) is 3.60. The zero-order chi connectivity index (χ0) is 18.1. The van der Waals surface area contributed by atoms with E-state index in [-0.39, 0.29) is 5.41 Å². The Labute approximate surface area is 159 Å². The molecule has 1 aromatic heterocycles. The molecule has 0 amide bonds. The molecule has 0 spiro atoms. The number of hydrogen-bond acceptors (Lipinski definition) is 5. The van der Waals surface area contributed by atoms with Crippen LogP contribution in [0, 0.1) is 5.92 Å².